The Morgan fingerprint density at radius 1 is 1.00 bits per heavy atom. The third-order valence-corrected chi connectivity index (χ3v) is 5.89. The van der Waals surface area contributed by atoms with Crippen LogP contribution < -0.4 is 14.2 Å². The van der Waals surface area contributed by atoms with Gasteiger partial charge in [0.25, 0.3) is 0 Å². The maximum Gasteiger partial charge on any atom is 0.307 e. The lowest BCUT2D eigenvalue weighted by molar-refractivity contribution is -0.136. The van der Waals surface area contributed by atoms with Crippen LogP contribution in [-0.4, -0.2) is 42.5 Å². The maximum absolute atomic E-state index is 11.0. The molecule has 3 aromatic carbocycles. The van der Waals surface area contributed by atoms with Crippen LogP contribution in [0, 0.1) is 0 Å². The molecule has 3 aromatic rings. The van der Waals surface area contributed by atoms with Gasteiger partial charge in [-0.3, -0.25) is 9.69 Å². The number of aliphatic carboxylic acids is 1. The molecule has 0 saturated carbocycles. The van der Waals surface area contributed by atoms with Crippen LogP contribution in [-0.2, 0) is 17.8 Å². The molecule has 4 rings (SSSR count). The molecule has 6 heteroatoms. The number of nitrogens with zero attached hydrogens (tertiary/aromatic N) is 1. The Morgan fingerprint density at radius 3 is 2.65 bits per heavy atom. The van der Waals surface area contributed by atoms with Crippen LogP contribution in [0.5, 0.6) is 17.2 Å². The van der Waals surface area contributed by atoms with E-state index < -0.39 is 5.97 Å². The van der Waals surface area contributed by atoms with Crippen molar-refractivity contribution in [2.75, 3.05) is 26.5 Å². The van der Waals surface area contributed by atoms with Crippen molar-refractivity contribution in [2.24, 2.45) is 0 Å². The molecule has 0 aliphatic carbocycles. The Morgan fingerprint density at radius 2 is 1.82 bits per heavy atom. The van der Waals surface area contributed by atoms with Gasteiger partial charge in [0.2, 0.25) is 6.79 Å². The topological polar surface area (TPSA) is 68.2 Å². The first-order chi connectivity index (χ1) is 16.6. The van der Waals surface area contributed by atoms with Crippen molar-refractivity contribution >= 4 is 5.97 Å². The predicted octanol–water partition coefficient (Wildman–Crippen LogP) is 5.12. The summed E-state index contributed by atoms with van der Waals surface area (Å²) in [4.78, 5) is 13.4. The second kappa shape index (κ2) is 11.6. The zero-order chi connectivity index (χ0) is 23.8. The number of rotatable bonds is 12. The first kappa shape index (κ1) is 23.6. The highest BCUT2D eigenvalue weighted by molar-refractivity contribution is 5.70. The van der Waals surface area contributed by atoms with E-state index in [1.54, 1.807) is 12.1 Å². The first-order valence-electron chi connectivity index (χ1n) is 11.7. The zero-order valence-corrected chi connectivity index (χ0v) is 19.5. The van der Waals surface area contributed by atoms with Crippen LogP contribution in [0.2, 0.25) is 0 Å². The molecule has 0 saturated heterocycles. The number of hydrogen-bond donors (Lipinski definition) is 1. The lowest BCUT2D eigenvalue weighted by atomic mass is 10.0. The van der Waals surface area contributed by atoms with Crippen molar-refractivity contribution in [1.29, 1.82) is 0 Å². The van der Waals surface area contributed by atoms with Gasteiger partial charge in [-0.25, -0.2) is 0 Å². The largest absolute Gasteiger partial charge is 0.494 e. The lowest BCUT2D eigenvalue weighted by Crippen LogP contribution is -2.29. The highest BCUT2D eigenvalue weighted by Crippen LogP contribution is 2.33. The maximum atomic E-state index is 11.0. The van der Waals surface area contributed by atoms with Crippen LogP contribution in [0.3, 0.4) is 0 Å². The summed E-state index contributed by atoms with van der Waals surface area (Å²) in [6.45, 7) is 5.70. The van der Waals surface area contributed by atoms with E-state index in [0.717, 1.165) is 43.1 Å². The van der Waals surface area contributed by atoms with Gasteiger partial charge in [-0.15, -0.1) is 0 Å². The van der Waals surface area contributed by atoms with Crippen molar-refractivity contribution < 1.29 is 24.1 Å². The van der Waals surface area contributed by atoms with E-state index in [0.29, 0.717) is 18.3 Å². The number of hydrogen-bond acceptors (Lipinski definition) is 5. The van der Waals surface area contributed by atoms with Gasteiger partial charge >= 0.3 is 5.97 Å². The summed E-state index contributed by atoms with van der Waals surface area (Å²) in [5, 5.41) is 9.00. The van der Waals surface area contributed by atoms with Crippen LogP contribution in [0.1, 0.15) is 36.0 Å². The molecule has 0 fully saturated rings. The second-order valence-electron chi connectivity index (χ2n) is 8.65. The van der Waals surface area contributed by atoms with Gasteiger partial charge < -0.3 is 19.3 Å². The summed E-state index contributed by atoms with van der Waals surface area (Å²) in [6, 6.07) is 24.0. The molecule has 34 heavy (non-hydrogen) atoms. The fourth-order valence-corrected chi connectivity index (χ4v) is 4.20. The summed E-state index contributed by atoms with van der Waals surface area (Å²) in [5.41, 5.74) is 3.25. The molecule has 0 spiro atoms. The van der Waals surface area contributed by atoms with E-state index in [4.69, 9.17) is 19.3 Å². The molecule has 0 amide bonds. The van der Waals surface area contributed by atoms with Crippen molar-refractivity contribution in [2.45, 2.75) is 32.2 Å². The smallest absolute Gasteiger partial charge is 0.307 e. The average Bonchev–Trinajstić information content (AvgIpc) is 3.30. The van der Waals surface area contributed by atoms with E-state index >= 15 is 0 Å². The minimum absolute atomic E-state index is 0.00210. The minimum atomic E-state index is -0.844. The standard InChI is InChI=1S/C28H31NO5/c1-21(24-8-3-2-4-9-24)18-29(19-23-11-12-26-27(16-23)34-20-33-26)13-6-14-32-25-10-5-7-22(15-25)17-28(30)31/h2-5,7-12,15-16,21H,6,13-14,17-20H2,1H3,(H,30,31)/t21-/m1/s1. The van der Waals surface area contributed by atoms with Crippen LogP contribution in [0.25, 0.3) is 0 Å². The normalized spacial score (nSPS) is 13.1. The zero-order valence-electron chi connectivity index (χ0n) is 19.5. The summed E-state index contributed by atoms with van der Waals surface area (Å²) >= 11 is 0. The SMILES string of the molecule is C[C@H](CN(CCCOc1cccc(CC(=O)O)c1)Cc1ccc2c(c1)OCO2)c1ccccc1. The van der Waals surface area contributed by atoms with Crippen molar-refractivity contribution in [3.8, 4) is 17.2 Å². The number of carbonyl (C=O) groups is 1. The minimum Gasteiger partial charge on any atom is -0.494 e. The van der Waals surface area contributed by atoms with Crippen molar-refractivity contribution in [3.05, 3.63) is 89.5 Å². The molecule has 1 heterocycles. The summed E-state index contributed by atoms with van der Waals surface area (Å²) in [5.74, 6) is 1.86. The Bertz CT molecular complexity index is 1090. The Balaban J connectivity index is 1.36. The average molecular weight is 462 g/mol. The van der Waals surface area contributed by atoms with Gasteiger partial charge in [0.15, 0.2) is 11.5 Å². The van der Waals surface area contributed by atoms with Gasteiger partial charge in [0.1, 0.15) is 5.75 Å². The Kier molecular flexibility index (Phi) is 8.04. The van der Waals surface area contributed by atoms with Crippen molar-refractivity contribution in [1.82, 2.24) is 4.90 Å². The van der Waals surface area contributed by atoms with Gasteiger partial charge in [0, 0.05) is 19.6 Å². The number of ether oxygens (including phenoxy) is 3. The number of carboxylic acids is 1. The Labute approximate surface area is 200 Å². The quantitative estimate of drug-likeness (QED) is 0.378. The molecular weight excluding hydrogens is 430 g/mol. The Hall–Kier alpha value is -3.51. The number of benzene rings is 3. The van der Waals surface area contributed by atoms with Gasteiger partial charge in [-0.05, 0) is 53.3 Å². The molecule has 178 valence electrons. The highest BCUT2D eigenvalue weighted by Gasteiger charge is 2.17. The van der Waals surface area contributed by atoms with E-state index in [2.05, 4.69) is 48.2 Å². The molecule has 0 unspecified atom stereocenters. The van der Waals surface area contributed by atoms with E-state index in [-0.39, 0.29) is 13.2 Å². The fraction of sp³-hybridized carbons (Fsp3) is 0.321. The van der Waals surface area contributed by atoms with Crippen LogP contribution in [0.15, 0.2) is 72.8 Å². The molecule has 6 nitrogen and oxygen atoms in total. The van der Waals surface area contributed by atoms with Gasteiger partial charge in [-0.2, -0.15) is 0 Å². The van der Waals surface area contributed by atoms with E-state index in [1.807, 2.05) is 24.3 Å². The lowest BCUT2D eigenvalue weighted by Gasteiger charge is -2.26. The summed E-state index contributed by atoms with van der Waals surface area (Å²) < 4.78 is 16.9. The van der Waals surface area contributed by atoms with Gasteiger partial charge in [0.05, 0.1) is 13.0 Å². The first-order valence-corrected chi connectivity index (χ1v) is 11.7. The second-order valence-corrected chi connectivity index (χ2v) is 8.65. The number of fused-ring (bicyclic) bond motifs is 1. The van der Waals surface area contributed by atoms with Crippen molar-refractivity contribution in [3.63, 3.8) is 0 Å². The number of carboxylic acid groups (broad SMARTS) is 1. The third-order valence-electron chi connectivity index (χ3n) is 5.89. The third kappa shape index (κ3) is 6.75. The monoisotopic (exact) mass is 461 g/mol. The molecule has 0 bridgehead atoms. The molecule has 1 atom stereocenters. The van der Waals surface area contributed by atoms with Gasteiger partial charge in [-0.1, -0.05) is 55.5 Å². The molecular formula is C28H31NO5. The molecule has 0 aromatic heterocycles. The summed E-state index contributed by atoms with van der Waals surface area (Å²) in [7, 11) is 0. The molecule has 1 aliphatic heterocycles. The molecule has 0 radical (unpaired) electrons. The highest BCUT2D eigenvalue weighted by atomic mass is 16.7. The summed E-state index contributed by atoms with van der Waals surface area (Å²) in [6.07, 6.45) is 0.854. The molecule has 1 aliphatic rings. The van der Waals surface area contributed by atoms with E-state index in [1.165, 1.54) is 11.1 Å². The fourth-order valence-electron chi connectivity index (χ4n) is 4.20. The predicted molar refractivity (Wildman–Crippen MR) is 131 cm³/mol. The van der Waals surface area contributed by atoms with Crippen LogP contribution >= 0.6 is 0 Å². The van der Waals surface area contributed by atoms with E-state index in [9.17, 15) is 4.79 Å². The molecule has 1 N–H and O–H groups in total. The van der Waals surface area contributed by atoms with Crippen LogP contribution in [0.4, 0.5) is 0 Å².